The van der Waals surface area contributed by atoms with E-state index < -0.39 is 0 Å². The second-order valence-electron chi connectivity index (χ2n) is 9.52. The lowest BCUT2D eigenvalue weighted by molar-refractivity contribution is 0.0763. The molecule has 8 heteroatoms. The minimum Gasteiger partial charge on any atom is -0.497 e. The third-order valence-electron chi connectivity index (χ3n) is 7.55. The molecule has 1 aromatic heterocycles. The van der Waals surface area contributed by atoms with E-state index in [-0.39, 0.29) is 6.04 Å². The summed E-state index contributed by atoms with van der Waals surface area (Å²) in [4.78, 5) is 5.20. The summed E-state index contributed by atoms with van der Waals surface area (Å²) in [6, 6.07) is 17.2. The quantitative estimate of drug-likeness (QED) is 0.468. The Hall–Kier alpha value is -2.97. The average Bonchev–Trinajstić information content (AvgIpc) is 3.62. The lowest BCUT2D eigenvalue weighted by atomic mass is 10.0. The smallest absolute Gasteiger partial charge is 0.173 e. The van der Waals surface area contributed by atoms with E-state index in [0.717, 1.165) is 68.1 Å². The molecule has 1 aliphatic carbocycles. The van der Waals surface area contributed by atoms with Crippen molar-refractivity contribution in [2.75, 3.05) is 40.4 Å². The topological polar surface area (TPSA) is 68.5 Å². The van der Waals surface area contributed by atoms with Gasteiger partial charge in [0.05, 0.1) is 14.2 Å². The van der Waals surface area contributed by atoms with E-state index in [4.69, 9.17) is 9.47 Å². The van der Waals surface area contributed by atoms with Gasteiger partial charge in [-0.2, -0.15) is 0 Å². The van der Waals surface area contributed by atoms with Gasteiger partial charge in [-0.1, -0.05) is 43.2 Å². The van der Waals surface area contributed by atoms with Crippen molar-refractivity contribution in [3.63, 3.8) is 0 Å². The molecule has 35 heavy (non-hydrogen) atoms. The summed E-state index contributed by atoms with van der Waals surface area (Å²) in [5.74, 6) is 2.43. The highest BCUT2D eigenvalue weighted by Gasteiger charge is 2.34. The Labute approximate surface area is 207 Å². The van der Waals surface area contributed by atoms with E-state index >= 15 is 0 Å². The highest BCUT2D eigenvalue weighted by atomic mass is 16.5. The molecule has 0 radical (unpaired) electrons. The molecule has 5 rings (SSSR count). The maximum absolute atomic E-state index is 5.83. The maximum atomic E-state index is 5.83. The van der Waals surface area contributed by atoms with Crippen LogP contribution in [0.5, 0.6) is 11.5 Å². The van der Waals surface area contributed by atoms with Crippen molar-refractivity contribution < 1.29 is 9.47 Å². The Morgan fingerprint density at radius 2 is 1.71 bits per heavy atom. The first-order valence-corrected chi connectivity index (χ1v) is 12.8. The van der Waals surface area contributed by atoms with Crippen LogP contribution in [0, 0.1) is 0 Å². The fraction of sp³-hybridized carbons (Fsp3) is 0.519. The third kappa shape index (κ3) is 5.33. The predicted octanol–water partition coefficient (Wildman–Crippen LogP) is 3.58. The monoisotopic (exact) mass is 476 g/mol. The van der Waals surface area contributed by atoms with Gasteiger partial charge in [-0.05, 0) is 47.4 Å². The molecule has 186 valence electrons. The molecule has 3 aromatic rings. The van der Waals surface area contributed by atoms with E-state index in [9.17, 15) is 0 Å². The van der Waals surface area contributed by atoms with Crippen LogP contribution in [0.15, 0.2) is 48.5 Å². The first-order chi connectivity index (χ1) is 17.3. The number of ether oxygens (including phenoxy) is 2. The van der Waals surface area contributed by atoms with Gasteiger partial charge < -0.3 is 9.47 Å². The minimum atomic E-state index is -0.0904. The van der Waals surface area contributed by atoms with Gasteiger partial charge in [0.2, 0.25) is 0 Å². The molecule has 0 amide bonds. The van der Waals surface area contributed by atoms with Gasteiger partial charge in [0.25, 0.3) is 0 Å². The van der Waals surface area contributed by atoms with Gasteiger partial charge in [-0.15, -0.1) is 5.10 Å². The van der Waals surface area contributed by atoms with Crippen molar-refractivity contribution in [2.45, 2.75) is 50.7 Å². The SMILES string of the molecule is COc1ccc([C@@H](c2nnnn2CCc2ccccc2)N2CCN(C3CCCC3)CC2)c(OC)c1. The Morgan fingerprint density at radius 3 is 2.43 bits per heavy atom. The lowest BCUT2D eigenvalue weighted by Gasteiger charge is -2.41. The lowest BCUT2D eigenvalue weighted by Crippen LogP contribution is -2.51. The molecule has 0 N–H and O–H groups in total. The number of rotatable bonds is 9. The fourth-order valence-electron chi connectivity index (χ4n) is 5.62. The second-order valence-corrected chi connectivity index (χ2v) is 9.52. The molecule has 2 heterocycles. The van der Waals surface area contributed by atoms with Crippen LogP contribution in [-0.2, 0) is 13.0 Å². The van der Waals surface area contributed by atoms with Crippen molar-refractivity contribution >= 4 is 0 Å². The molecule has 1 atom stereocenters. The van der Waals surface area contributed by atoms with Crippen molar-refractivity contribution in [1.29, 1.82) is 0 Å². The van der Waals surface area contributed by atoms with Crippen LogP contribution in [0.3, 0.4) is 0 Å². The van der Waals surface area contributed by atoms with Crippen molar-refractivity contribution in [3.05, 3.63) is 65.5 Å². The van der Waals surface area contributed by atoms with Crippen molar-refractivity contribution in [2.24, 2.45) is 0 Å². The van der Waals surface area contributed by atoms with Crippen molar-refractivity contribution in [3.8, 4) is 11.5 Å². The fourth-order valence-corrected chi connectivity index (χ4v) is 5.62. The number of aromatic nitrogens is 4. The second kappa shape index (κ2) is 11.2. The molecular formula is C27H36N6O2. The number of aryl methyl sites for hydroxylation is 2. The predicted molar refractivity (Wildman–Crippen MR) is 135 cm³/mol. The van der Waals surface area contributed by atoms with Crippen molar-refractivity contribution in [1.82, 2.24) is 30.0 Å². The number of piperazine rings is 1. The van der Waals surface area contributed by atoms with Gasteiger partial charge >= 0.3 is 0 Å². The van der Waals surface area contributed by atoms with Gasteiger partial charge in [0.1, 0.15) is 17.5 Å². The molecule has 0 spiro atoms. The summed E-state index contributed by atoms with van der Waals surface area (Å²) >= 11 is 0. The first-order valence-electron chi connectivity index (χ1n) is 12.8. The molecule has 0 bridgehead atoms. The summed E-state index contributed by atoms with van der Waals surface area (Å²) < 4.78 is 13.3. The van der Waals surface area contributed by atoms with Gasteiger partial charge in [0, 0.05) is 50.4 Å². The number of benzene rings is 2. The Bertz CT molecular complexity index is 1070. The molecule has 2 aliphatic rings. The standard InChI is InChI=1S/C27H36N6O2/c1-34-23-12-13-24(25(20-23)35-2)26(32-18-16-31(17-19-32)22-10-6-7-11-22)27-28-29-30-33(27)15-14-21-8-4-3-5-9-21/h3-5,8-9,12-13,20,22,26H,6-7,10-11,14-19H2,1-2H3/t26-/m0/s1. The number of nitrogens with zero attached hydrogens (tertiary/aromatic N) is 6. The zero-order chi connectivity index (χ0) is 24.0. The number of hydrogen-bond donors (Lipinski definition) is 0. The van der Waals surface area contributed by atoms with E-state index in [2.05, 4.69) is 55.7 Å². The van der Waals surface area contributed by atoms with Crippen LogP contribution in [0.25, 0.3) is 0 Å². The Balaban J connectivity index is 1.43. The molecule has 0 unspecified atom stereocenters. The normalized spacial score (nSPS) is 18.6. The van der Waals surface area contributed by atoms with Crippen LogP contribution in [-0.4, -0.2) is 76.4 Å². The number of hydrogen-bond acceptors (Lipinski definition) is 7. The van der Waals surface area contributed by atoms with E-state index in [0.29, 0.717) is 0 Å². The van der Waals surface area contributed by atoms with Crippen LogP contribution in [0.1, 0.15) is 48.7 Å². The zero-order valence-electron chi connectivity index (χ0n) is 20.8. The van der Waals surface area contributed by atoms with Crippen LogP contribution in [0.4, 0.5) is 0 Å². The molecule has 2 fully saturated rings. The van der Waals surface area contributed by atoms with Gasteiger partial charge in [0.15, 0.2) is 5.82 Å². The Kier molecular flexibility index (Phi) is 7.59. The van der Waals surface area contributed by atoms with Crippen LogP contribution >= 0.6 is 0 Å². The summed E-state index contributed by atoms with van der Waals surface area (Å²) in [6.45, 7) is 4.82. The van der Waals surface area contributed by atoms with E-state index in [1.807, 2.05) is 22.9 Å². The van der Waals surface area contributed by atoms with E-state index in [1.54, 1.807) is 14.2 Å². The summed E-state index contributed by atoms with van der Waals surface area (Å²) in [5.41, 5.74) is 2.34. The molecule has 1 saturated heterocycles. The minimum absolute atomic E-state index is 0.0904. The summed E-state index contributed by atoms with van der Waals surface area (Å²) in [7, 11) is 3.39. The average molecular weight is 477 g/mol. The van der Waals surface area contributed by atoms with Gasteiger partial charge in [-0.3, -0.25) is 9.80 Å². The summed E-state index contributed by atoms with van der Waals surface area (Å²) in [5, 5.41) is 13.1. The number of methoxy groups -OCH3 is 2. The molecule has 1 aliphatic heterocycles. The number of tetrazole rings is 1. The molecular weight excluding hydrogens is 440 g/mol. The highest BCUT2D eigenvalue weighted by molar-refractivity contribution is 5.44. The summed E-state index contributed by atoms with van der Waals surface area (Å²) in [6.07, 6.45) is 6.29. The molecule has 8 nitrogen and oxygen atoms in total. The Morgan fingerprint density at radius 1 is 0.943 bits per heavy atom. The van der Waals surface area contributed by atoms with Crippen LogP contribution < -0.4 is 9.47 Å². The van der Waals surface area contributed by atoms with E-state index in [1.165, 1.54) is 31.2 Å². The van der Waals surface area contributed by atoms with Crippen LogP contribution in [0.2, 0.25) is 0 Å². The third-order valence-corrected chi connectivity index (χ3v) is 7.55. The van der Waals surface area contributed by atoms with Gasteiger partial charge in [-0.25, -0.2) is 4.68 Å². The zero-order valence-corrected chi connectivity index (χ0v) is 20.8. The first kappa shape index (κ1) is 23.8. The highest BCUT2D eigenvalue weighted by Crippen LogP contribution is 2.37. The largest absolute Gasteiger partial charge is 0.497 e. The molecule has 2 aromatic carbocycles. The molecule has 1 saturated carbocycles. The maximum Gasteiger partial charge on any atom is 0.173 e.